The van der Waals surface area contributed by atoms with Crippen LogP contribution >= 0.6 is 0 Å². The number of aromatic hydroxyl groups is 2. The van der Waals surface area contributed by atoms with Gasteiger partial charge in [-0.2, -0.15) is 0 Å². The average molecular weight is 874 g/mol. The number of phenolic OH excluding ortho intramolecular Hbond substituents is 2. The molecule has 1 aliphatic carbocycles. The van der Waals surface area contributed by atoms with Gasteiger partial charge < -0.3 is 15.5 Å². The molecule has 2 aliphatic rings. The van der Waals surface area contributed by atoms with Crippen molar-refractivity contribution in [3.05, 3.63) is 155 Å². The molecule has 0 unspecified atom stereocenters. The molecule has 9 heteroatoms. The summed E-state index contributed by atoms with van der Waals surface area (Å²) in [6.45, 7) is 15.3. The summed E-state index contributed by atoms with van der Waals surface area (Å²) in [5, 5.41) is 22.4. The second kappa shape index (κ2) is 24.2. The predicted octanol–water partition coefficient (Wildman–Crippen LogP) is 10.9. The smallest absolute Gasteiger partial charge is 0.128 e. The lowest BCUT2D eigenvalue weighted by molar-refractivity contribution is 0.139. The van der Waals surface area contributed by atoms with Crippen molar-refractivity contribution in [1.29, 1.82) is 0 Å². The number of benzene rings is 4. The van der Waals surface area contributed by atoms with E-state index in [0.717, 1.165) is 100 Å². The van der Waals surface area contributed by atoms with Crippen molar-refractivity contribution in [2.45, 2.75) is 123 Å². The van der Waals surface area contributed by atoms with Crippen LogP contribution in [-0.4, -0.2) is 78.2 Å². The minimum absolute atomic E-state index is 0.309. The first-order chi connectivity index (χ1) is 31.7. The molecule has 1 saturated heterocycles. The minimum Gasteiger partial charge on any atom is -0.508 e. The zero-order chi connectivity index (χ0) is 45.4. The molecule has 3 heterocycles. The highest BCUT2D eigenvalue weighted by atomic mass is 16.3. The third kappa shape index (κ3) is 14.8. The summed E-state index contributed by atoms with van der Waals surface area (Å²) < 4.78 is 0. The molecule has 8 rings (SSSR count). The summed E-state index contributed by atoms with van der Waals surface area (Å²) in [5.74, 6) is 3.34. The van der Waals surface area contributed by atoms with Crippen LogP contribution in [0.15, 0.2) is 116 Å². The first kappa shape index (κ1) is 47.5. The van der Waals surface area contributed by atoms with Crippen LogP contribution in [0, 0.1) is 12.8 Å². The highest BCUT2D eigenvalue weighted by molar-refractivity contribution is 5.64. The summed E-state index contributed by atoms with van der Waals surface area (Å²) in [4.78, 5) is 23.9. The van der Waals surface area contributed by atoms with E-state index in [-0.39, 0.29) is 0 Å². The average Bonchev–Trinajstić information content (AvgIpc) is 3.85. The SMILES string of the molecule is CCN(CCC1CCCC1)Cc1cccc(-c2ccnc(CCCc3ccc(O)cc3)n2)c1.Cc1ccc(CN2C[C@H](C)NC[C@@H]2C)cc1-c1ccnc(CCCc2ccc(O)cc2)n1. The number of phenols is 2. The topological polar surface area (TPSA) is 111 Å². The van der Waals surface area contributed by atoms with Crippen molar-refractivity contribution in [1.82, 2.24) is 35.1 Å². The molecule has 2 aromatic heterocycles. The summed E-state index contributed by atoms with van der Waals surface area (Å²) in [6, 6.07) is 35.6. The molecular formula is C56H71N7O2. The van der Waals surface area contributed by atoms with Gasteiger partial charge in [0, 0.05) is 74.6 Å². The maximum atomic E-state index is 9.43. The zero-order valence-electron chi connectivity index (χ0n) is 39.3. The van der Waals surface area contributed by atoms with Gasteiger partial charge in [0.05, 0.1) is 11.4 Å². The van der Waals surface area contributed by atoms with Gasteiger partial charge in [0.15, 0.2) is 0 Å². The fourth-order valence-electron chi connectivity index (χ4n) is 9.27. The van der Waals surface area contributed by atoms with Crippen LogP contribution < -0.4 is 5.32 Å². The second-order valence-corrected chi connectivity index (χ2v) is 18.5. The van der Waals surface area contributed by atoms with E-state index in [1.165, 1.54) is 77.6 Å². The molecule has 2 atom stereocenters. The lowest BCUT2D eigenvalue weighted by Gasteiger charge is -2.37. The van der Waals surface area contributed by atoms with E-state index in [4.69, 9.17) is 9.97 Å². The monoisotopic (exact) mass is 874 g/mol. The van der Waals surface area contributed by atoms with E-state index >= 15 is 0 Å². The molecule has 3 N–H and O–H groups in total. The van der Waals surface area contributed by atoms with E-state index in [9.17, 15) is 10.2 Å². The minimum atomic E-state index is 0.309. The number of aryl methyl sites for hydroxylation is 5. The number of piperazine rings is 1. The molecule has 1 saturated carbocycles. The van der Waals surface area contributed by atoms with Crippen molar-refractivity contribution in [3.8, 4) is 34.0 Å². The van der Waals surface area contributed by atoms with Gasteiger partial charge in [-0.3, -0.25) is 9.80 Å². The number of hydrogen-bond acceptors (Lipinski definition) is 9. The number of rotatable bonds is 18. The lowest BCUT2D eigenvalue weighted by atomic mass is 10.0. The molecule has 0 spiro atoms. The summed E-state index contributed by atoms with van der Waals surface area (Å²) in [6.07, 6.45) is 16.4. The summed E-state index contributed by atoms with van der Waals surface area (Å²) in [7, 11) is 0. The normalized spacial score (nSPS) is 16.7. The Morgan fingerprint density at radius 1 is 0.692 bits per heavy atom. The van der Waals surface area contributed by atoms with Crippen molar-refractivity contribution in [3.63, 3.8) is 0 Å². The van der Waals surface area contributed by atoms with Gasteiger partial charge in [0.2, 0.25) is 0 Å². The van der Waals surface area contributed by atoms with Crippen molar-refractivity contribution < 1.29 is 10.2 Å². The van der Waals surface area contributed by atoms with Crippen LogP contribution in [-0.2, 0) is 38.8 Å². The quantitative estimate of drug-likeness (QED) is 0.0777. The molecule has 4 aromatic carbocycles. The molecule has 0 bridgehead atoms. The van der Waals surface area contributed by atoms with Gasteiger partial charge in [-0.1, -0.05) is 87.2 Å². The van der Waals surface area contributed by atoms with E-state index in [1.807, 2.05) is 48.8 Å². The third-order valence-electron chi connectivity index (χ3n) is 13.3. The zero-order valence-corrected chi connectivity index (χ0v) is 39.3. The van der Waals surface area contributed by atoms with E-state index in [1.54, 1.807) is 24.3 Å². The first-order valence-corrected chi connectivity index (χ1v) is 24.3. The van der Waals surface area contributed by atoms with Gasteiger partial charge in [-0.25, -0.2) is 19.9 Å². The fourth-order valence-corrected chi connectivity index (χ4v) is 9.27. The van der Waals surface area contributed by atoms with E-state index in [2.05, 4.69) is 95.2 Å². The molecule has 342 valence electrons. The lowest BCUT2D eigenvalue weighted by Crippen LogP contribution is -2.53. The largest absolute Gasteiger partial charge is 0.508 e. The van der Waals surface area contributed by atoms with Gasteiger partial charge in [-0.05, 0) is 148 Å². The molecule has 6 aromatic rings. The molecular weight excluding hydrogens is 803 g/mol. The number of hydrogen-bond donors (Lipinski definition) is 3. The number of nitrogens with zero attached hydrogens (tertiary/aromatic N) is 6. The maximum Gasteiger partial charge on any atom is 0.128 e. The standard InChI is InChI=1S/C29H37N3O.C27H34N4O/c1-2-32(20-18-23-7-3-4-8-23)22-25-10-5-11-26(21-25)28-17-19-30-29(31-28)12-6-9-24-13-15-27(33)16-14-24;1-19-7-8-23(18-31-17-20(2)29-16-21(31)3)15-25(19)26-13-14-28-27(30-26)6-4-5-22-9-11-24(32)12-10-22/h5,10-11,13-17,19,21,23,33H,2-4,6-9,12,18,20,22H2,1H3;7-15,20-21,29,32H,4-6,16-18H2,1-3H3/t;20-,21-/m.0/s1. The second-order valence-electron chi connectivity index (χ2n) is 18.5. The Hall–Kier alpha value is -5.48. The molecule has 1 aliphatic heterocycles. The number of aromatic nitrogens is 4. The molecule has 0 amide bonds. The van der Waals surface area contributed by atoms with Crippen LogP contribution in [0.1, 0.15) is 105 Å². The van der Waals surface area contributed by atoms with Crippen molar-refractivity contribution >= 4 is 0 Å². The van der Waals surface area contributed by atoms with Crippen LogP contribution in [0.3, 0.4) is 0 Å². The van der Waals surface area contributed by atoms with Crippen LogP contribution in [0.2, 0.25) is 0 Å². The summed E-state index contributed by atoms with van der Waals surface area (Å²) >= 11 is 0. The Morgan fingerprint density at radius 2 is 1.31 bits per heavy atom. The molecule has 65 heavy (non-hydrogen) atoms. The highest BCUT2D eigenvalue weighted by Gasteiger charge is 2.23. The Labute approximate surface area is 388 Å². The van der Waals surface area contributed by atoms with Crippen molar-refractivity contribution in [2.75, 3.05) is 26.2 Å². The fraction of sp³-hybridized carbons (Fsp3) is 0.429. The molecule has 0 radical (unpaired) electrons. The van der Waals surface area contributed by atoms with Crippen LogP contribution in [0.5, 0.6) is 11.5 Å². The Morgan fingerprint density at radius 3 is 1.95 bits per heavy atom. The van der Waals surface area contributed by atoms with Crippen LogP contribution in [0.25, 0.3) is 22.5 Å². The Balaban J connectivity index is 0.000000194. The first-order valence-electron chi connectivity index (χ1n) is 24.3. The van der Waals surface area contributed by atoms with Gasteiger partial charge in [0.1, 0.15) is 23.1 Å². The van der Waals surface area contributed by atoms with Crippen LogP contribution in [0.4, 0.5) is 0 Å². The van der Waals surface area contributed by atoms with Gasteiger partial charge in [-0.15, -0.1) is 0 Å². The maximum absolute atomic E-state index is 9.43. The van der Waals surface area contributed by atoms with E-state index in [0.29, 0.717) is 23.6 Å². The molecule has 9 nitrogen and oxygen atoms in total. The molecule has 2 fully saturated rings. The third-order valence-corrected chi connectivity index (χ3v) is 13.3. The van der Waals surface area contributed by atoms with Gasteiger partial charge >= 0.3 is 0 Å². The number of nitrogens with one attached hydrogen (secondary N) is 1. The Kier molecular flexibility index (Phi) is 17.6. The van der Waals surface area contributed by atoms with E-state index < -0.39 is 0 Å². The highest BCUT2D eigenvalue weighted by Crippen LogP contribution is 2.29. The van der Waals surface area contributed by atoms with Gasteiger partial charge in [0.25, 0.3) is 0 Å². The Bertz CT molecular complexity index is 2360. The summed E-state index contributed by atoms with van der Waals surface area (Å²) in [5.41, 5.74) is 10.7. The van der Waals surface area contributed by atoms with Crippen molar-refractivity contribution in [2.24, 2.45) is 5.92 Å². The predicted molar refractivity (Wildman–Crippen MR) is 265 cm³/mol.